The van der Waals surface area contributed by atoms with Gasteiger partial charge in [0.2, 0.25) is 0 Å². The number of hydrogen-bond acceptors (Lipinski definition) is 4. The Morgan fingerprint density at radius 3 is 2.45 bits per heavy atom. The molecule has 3 aromatic rings. The van der Waals surface area contributed by atoms with E-state index in [1.807, 2.05) is 43.3 Å². The second-order valence-electron chi connectivity index (χ2n) is 8.49. The van der Waals surface area contributed by atoms with E-state index < -0.39 is 0 Å². The zero-order chi connectivity index (χ0) is 21.4. The number of carbonyl (C=O) groups excluding carboxylic acids is 1. The Bertz CT molecular complexity index is 1100. The first kappa shape index (κ1) is 19.8. The first-order valence-electron chi connectivity index (χ1n) is 11.3. The van der Waals surface area contributed by atoms with Crippen molar-refractivity contribution in [3.8, 4) is 17.0 Å². The number of amides is 1. The van der Waals surface area contributed by atoms with E-state index in [4.69, 9.17) is 15.2 Å². The van der Waals surface area contributed by atoms with Gasteiger partial charge in [-0.2, -0.15) is 0 Å². The van der Waals surface area contributed by atoms with E-state index in [0.717, 1.165) is 71.4 Å². The summed E-state index contributed by atoms with van der Waals surface area (Å²) in [4.78, 5) is 12.0. The maximum Gasteiger partial charge on any atom is 0.411 e. The van der Waals surface area contributed by atoms with Crippen LogP contribution in [0.25, 0.3) is 22.2 Å². The Kier molecular flexibility index (Phi) is 5.22. The largest absolute Gasteiger partial charge is 0.494 e. The van der Waals surface area contributed by atoms with E-state index in [-0.39, 0.29) is 12.2 Å². The van der Waals surface area contributed by atoms with Gasteiger partial charge in [0.15, 0.2) is 0 Å². The number of nitrogens with two attached hydrogens (primary N) is 1. The molecule has 0 bridgehead atoms. The molecule has 1 amide bonds. The molecule has 2 aromatic carbocycles. The normalized spacial score (nSPS) is 16.5. The summed E-state index contributed by atoms with van der Waals surface area (Å²) in [7, 11) is 0. The highest BCUT2D eigenvalue weighted by Gasteiger charge is 2.27. The maximum absolute atomic E-state index is 12.0. The van der Waals surface area contributed by atoms with Crippen molar-refractivity contribution in [1.82, 2.24) is 4.57 Å². The lowest BCUT2D eigenvalue weighted by Crippen LogP contribution is -2.27. The van der Waals surface area contributed by atoms with E-state index in [0.29, 0.717) is 12.6 Å². The monoisotopic (exact) mass is 419 g/mol. The number of ether oxygens (including phenoxy) is 2. The topological polar surface area (TPSA) is 78.5 Å². The van der Waals surface area contributed by atoms with E-state index in [1.54, 1.807) is 0 Å². The number of fused-ring (bicyclic) bond motifs is 1. The number of nitrogen functional groups attached to an aromatic ring is 1. The molecule has 3 N–H and O–H groups in total. The minimum absolute atomic E-state index is 0.0684. The number of nitrogens with one attached hydrogen (secondary N) is 1. The summed E-state index contributed by atoms with van der Waals surface area (Å²) in [5, 5.41) is 3.85. The van der Waals surface area contributed by atoms with Crippen LogP contribution < -0.4 is 15.8 Å². The van der Waals surface area contributed by atoms with E-state index in [9.17, 15) is 4.79 Å². The van der Waals surface area contributed by atoms with Crippen molar-refractivity contribution in [2.24, 2.45) is 0 Å². The summed E-state index contributed by atoms with van der Waals surface area (Å²) in [6.45, 7) is 2.61. The fraction of sp³-hybridized carbons (Fsp3) is 0.400. The van der Waals surface area contributed by atoms with Crippen molar-refractivity contribution < 1.29 is 14.3 Å². The number of benzene rings is 2. The Balaban J connectivity index is 1.47. The molecule has 2 saturated carbocycles. The third kappa shape index (κ3) is 3.71. The SMILES string of the molecule is CCOc1ccc2c(c1)c(N)c(-c1ccc(NC(=O)OC3CCC3)cc1)n2C1CCC1. The molecule has 1 heterocycles. The highest BCUT2D eigenvalue weighted by Crippen LogP contribution is 2.44. The Morgan fingerprint density at radius 2 is 1.84 bits per heavy atom. The molecule has 5 rings (SSSR count). The average Bonchev–Trinajstić information content (AvgIpc) is 2.97. The van der Waals surface area contributed by atoms with Crippen LogP contribution in [0.1, 0.15) is 51.5 Å². The molecular weight excluding hydrogens is 390 g/mol. The van der Waals surface area contributed by atoms with Crippen LogP contribution in [-0.4, -0.2) is 23.4 Å². The van der Waals surface area contributed by atoms with Gasteiger partial charge in [0.1, 0.15) is 11.9 Å². The Morgan fingerprint density at radius 1 is 1.10 bits per heavy atom. The molecule has 6 nitrogen and oxygen atoms in total. The van der Waals surface area contributed by atoms with Crippen LogP contribution in [0.5, 0.6) is 5.75 Å². The molecule has 6 heteroatoms. The fourth-order valence-electron chi connectivity index (χ4n) is 4.39. The molecule has 2 fully saturated rings. The lowest BCUT2D eigenvalue weighted by molar-refractivity contribution is 0.0624. The molecule has 0 spiro atoms. The number of carbonyl (C=O) groups is 1. The summed E-state index contributed by atoms with van der Waals surface area (Å²) in [6.07, 6.45) is 6.31. The van der Waals surface area contributed by atoms with Crippen LogP contribution in [0.15, 0.2) is 42.5 Å². The lowest BCUT2D eigenvalue weighted by Gasteiger charge is -2.30. The highest BCUT2D eigenvalue weighted by molar-refractivity contribution is 6.02. The molecule has 2 aliphatic carbocycles. The van der Waals surface area contributed by atoms with Crippen molar-refractivity contribution in [3.63, 3.8) is 0 Å². The van der Waals surface area contributed by atoms with E-state index >= 15 is 0 Å². The average molecular weight is 420 g/mol. The maximum atomic E-state index is 12.0. The van der Waals surface area contributed by atoms with Crippen molar-refractivity contribution in [2.75, 3.05) is 17.7 Å². The second-order valence-corrected chi connectivity index (χ2v) is 8.49. The number of hydrogen-bond donors (Lipinski definition) is 2. The van der Waals surface area contributed by atoms with E-state index in [2.05, 4.69) is 16.0 Å². The van der Waals surface area contributed by atoms with Crippen LogP contribution in [-0.2, 0) is 4.74 Å². The third-order valence-corrected chi connectivity index (χ3v) is 6.50. The van der Waals surface area contributed by atoms with E-state index in [1.165, 1.54) is 6.42 Å². The van der Waals surface area contributed by atoms with Gasteiger partial charge in [0, 0.05) is 22.7 Å². The standard InChI is InChI=1S/C25H29N3O3/c1-2-30-20-13-14-22-21(15-20)23(26)24(28(22)18-5-3-6-18)16-9-11-17(12-10-16)27-25(29)31-19-7-4-8-19/h9-15,18-19H,2-8,26H2,1H3,(H,27,29). The van der Waals surface area contributed by atoms with Gasteiger partial charge in [-0.3, -0.25) is 5.32 Å². The van der Waals surface area contributed by atoms with Gasteiger partial charge in [-0.25, -0.2) is 4.79 Å². The molecule has 1 aromatic heterocycles. The van der Waals surface area contributed by atoms with Crippen molar-refractivity contribution in [1.29, 1.82) is 0 Å². The second kappa shape index (κ2) is 8.17. The van der Waals surface area contributed by atoms with Gasteiger partial charge in [-0.1, -0.05) is 12.1 Å². The zero-order valence-electron chi connectivity index (χ0n) is 17.9. The lowest BCUT2D eigenvalue weighted by atomic mass is 9.92. The molecular formula is C25H29N3O3. The first-order chi connectivity index (χ1) is 15.1. The molecule has 0 unspecified atom stereocenters. The van der Waals surface area contributed by atoms with Gasteiger partial charge in [0.05, 0.1) is 23.5 Å². The molecule has 0 atom stereocenters. The predicted octanol–water partition coefficient (Wildman–Crippen LogP) is 6.12. The van der Waals surface area contributed by atoms with Crippen molar-refractivity contribution in [2.45, 2.75) is 57.6 Å². The quantitative estimate of drug-likeness (QED) is 0.505. The number of aromatic nitrogens is 1. The summed E-state index contributed by atoms with van der Waals surface area (Å²) >= 11 is 0. The molecule has 0 radical (unpaired) electrons. The van der Waals surface area contributed by atoms with Gasteiger partial charge in [-0.05, 0) is 75.8 Å². The van der Waals surface area contributed by atoms with Gasteiger partial charge < -0.3 is 19.8 Å². The van der Waals surface area contributed by atoms with Crippen LogP contribution in [0, 0.1) is 0 Å². The first-order valence-corrected chi connectivity index (χ1v) is 11.3. The summed E-state index contributed by atoms with van der Waals surface area (Å²) in [5.41, 5.74) is 11.4. The fourth-order valence-corrected chi connectivity index (χ4v) is 4.39. The Hall–Kier alpha value is -3.15. The molecule has 0 aliphatic heterocycles. The van der Waals surface area contributed by atoms with Crippen LogP contribution in [0.2, 0.25) is 0 Å². The summed E-state index contributed by atoms with van der Waals surface area (Å²) in [5.74, 6) is 0.837. The van der Waals surface area contributed by atoms with Gasteiger partial charge in [-0.15, -0.1) is 0 Å². The summed E-state index contributed by atoms with van der Waals surface area (Å²) < 4.78 is 13.5. The predicted molar refractivity (Wildman–Crippen MR) is 124 cm³/mol. The minimum atomic E-state index is -0.385. The smallest absolute Gasteiger partial charge is 0.411 e. The number of anilines is 2. The molecule has 162 valence electrons. The van der Waals surface area contributed by atoms with Crippen molar-refractivity contribution in [3.05, 3.63) is 42.5 Å². The van der Waals surface area contributed by atoms with Crippen LogP contribution in [0.3, 0.4) is 0 Å². The number of nitrogens with zero attached hydrogens (tertiary/aromatic N) is 1. The van der Waals surface area contributed by atoms with Crippen LogP contribution in [0.4, 0.5) is 16.2 Å². The van der Waals surface area contributed by atoms with Crippen LogP contribution >= 0.6 is 0 Å². The van der Waals surface area contributed by atoms with Gasteiger partial charge in [0.25, 0.3) is 0 Å². The zero-order valence-corrected chi connectivity index (χ0v) is 17.9. The third-order valence-electron chi connectivity index (χ3n) is 6.50. The number of rotatable bonds is 6. The highest BCUT2D eigenvalue weighted by atomic mass is 16.6. The molecule has 0 saturated heterocycles. The molecule has 2 aliphatic rings. The Labute approximate surface area is 182 Å². The van der Waals surface area contributed by atoms with Gasteiger partial charge >= 0.3 is 6.09 Å². The minimum Gasteiger partial charge on any atom is -0.494 e. The van der Waals surface area contributed by atoms with Crippen molar-refractivity contribution >= 4 is 28.4 Å². The molecule has 31 heavy (non-hydrogen) atoms. The summed E-state index contributed by atoms with van der Waals surface area (Å²) in [6, 6.07) is 14.5.